The standard InChI is InChI=1S/C20H20N4O2/c1-23(2)20(26)16-9-6-10-17(13-16)21-19(25)14-24-12-11-18(22-24)15-7-4-3-5-8-15/h3-13H,14H2,1-2H3,(H,21,25). The molecule has 0 atom stereocenters. The van der Waals surface area contributed by atoms with Crippen LogP contribution in [0.15, 0.2) is 66.9 Å². The van der Waals surface area contributed by atoms with Gasteiger partial charge in [-0.2, -0.15) is 5.10 Å². The number of carbonyl (C=O) groups excluding carboxylic acids is 2. The van der Waals surface area contributed by atoms with E-state index in [-0.39, 0.29) is 18.4 Å². The highest BCUT2D eigenvalue weighted by atomic mass is 16.2. The molecule has 0 aliphatic heterocycles. The number of benzene rings is 2. The van der Waals surface area contributed by atoms with E-state index in [1.54, 1.807) is 49.2 Å². The molecule has 0 fully saturated rings. The molecule has 132 valence electrons. The minimum absolute atomic E-state index is 0.0959. The summed E-state index contributed by atoms with van der Waals surface area (Å²) in [7, 11) is 3.38. The van der Waals surface area contributed by atoms with Crippen molar-refractivity contribution in [1.82, 2.24) is 14.7 Å². The summed E-state index contributed by atoms with van der Waals surface area (Å²) in [5.41, 5.74) is 2.93. The highest BCUT2D eigenvalue weighted by molar-refractivity contribution is 5.96. The van der Waals surface area contributed by atoms with Crippen molar-refractivity contribution in [3.05, 3.63) is 72.4 Å². The van der Waals surface area contributed by atoms with Crippen LogP contribution in [-0.4, -0.2) is 40.6 Å². The predicted octanol–water partition coefficient (Wildman–Crippen LogP) is 2.89. The van der Waals surface area contributed by atoms with Gasteiger partial charge in [-0.1, -0.05) is 36.4 Å². The minimum Gasteiger partial charge on any atom is -0.345 e. The zero-order chi connectivity index (χ0) is 18.5. The van der Waals surface area contributed by atoms with E-state index in [0.717, 1.165) is 11.3 Å². The molecule has 0 saturated heterocycles. The van der Waals surface area contributed by atoms with E-state index < -0.39 is 0 Å². The third-order valence-corrected chi connectivity index (χ3v) is 3.82. The Labute approximate surface area is 152 Å². The van der Waals surface area contributed by atoms with Crippen molar-refractivity contribution in [3.63, 3.8) is 0 Å². The van der Waals surface area contributed by atoms with Gasteiger partial charge in [0.2, 0.25) is 5.91 Å². The molecule has 2 aromatic carbocycles. The van der Waals surface area contributed by atoms with Crippen LogP contribution in [0.2, 0.25) is 0 Å². The molecule has 0 unspecified atom stereocenters. The molecule has 0 aliphatic rings. The van der Waals surface area contributed by atoms with Crippen LogP contribution < -0.4 is 5.32 Å². The summed E-state index contributed by atoms with van der Waals surface area (Å²) in [4.78, 5) is 25.8. The highest BCUT2D eigenvalue weighted by Crippen LogP contribution is 2.16. The van der Waals surface area contributed by atoms with E-state index >= 15 is 0 Å². The summed E-state index contributed by atoms with van der Waals surface area (Å²) >= 11 is 0. The lowest BCUT2D eigenvalue weighted by Gasteiger charge is -2.11. The minimum atomic E-state index is -0.206. The maximum absolute atomic E-state index is 12.3. The van der Waals surface area contributed by atoms with Crippen molar-refractivity contribution in [2.24, 2.45) is 0 Å². The van der Waals surface area contributed by atoms with E-state index in [0.29, 0.717) is 11.3 Å². The second kappa shape index (κ2) is 7.65. The normalized spacial score (nSPS) is 10.4. The maximum Gasteiger partial charge on any atom is 0.253 e. The molecular formula is C20H20N4O2. The molecule has 6 nitrogen and oxygen atoms in total. The molecule has 0 aliphatic carbocycles. The van der Waals surface area contributed by atoms with Gasteiger partial charge in [-0.25, -0.2) is 0 Å². The van der Waals surface area contributed by atoms with Gasteiger partial charge in [0.05, 0.1) is 5.69 Å². The Morgan fingerprint density at radius 2 is 1.81 bits per heavy atom. The van der Waals surface area contributed by atoms with E-state index in [1.165, 1.54) is 4.90 Å². The van der Waals surface area contributed by atoms with E-state index in [1.807, 2.05) is 36.4 Å². The SMILES string of the molecule is CN(C)C(=O)c1cccc(NC(=O)Cn2ccc(-c3ccccc3)n2)c1. The van der Waals surface area contributed by atoms with Crippen molar-refractivity contribution < 1.29 is 9.59 Å². The molecule has 26 heavy (non-hydrogen) atoms. The molecule has 3 rings (SSSR count). The summed E-state index contributed by atoms with van der Waals surface area (Å²) in [6.07, 6.45) is 1.77. The first-order valence-electron chi connectivity index (χ1n) is 8.23. The topological polar surface area (TPSA) is 67.2 Å². The van der Waals surface area contributed by atoms with Crippen molar-refractivity contribution in [2.75, 3.05) is 19.4 Å². The molecule has 1 heterocycles. The molecule has 0 bridgehead atoms. The number of aromatic nitrogens is 2. The Hall–Kier alpha value is -3.41. The smallest absolute Gasteiger partial charge is 0.253 e. The number of nitrogens with one attached hydrogen (secondary N) is 1. The Kier molecular flexibility index (Phi) is 5.12. The van der Waals surface area contributed by atoms with Crippen LogP contribution in [0.5, 0.6) is 0 Å². The van der Waals surface area contributed by atoms with Gasteiger partial charge < -0.3 is 10.2 Å². The molecule has 1 N–H and O–H groups in total. The molecule has 0 saturated carbocycles. The number of carbonyl (C=O) groups is 2. The summed E-state index contributed by atoms with van der Waals surface area (Å²) in [5.74, 6) is -0.317. The lowest BCUT2D eigenvalue weighted by Crippen LogP contribution is -2.22. The van der Waals surface area contributed by atoms with Gasteiger partial charge in [-0.05, 0) is 24.3 Å². The van der Waals surface area contributed by atoms with Gasteiger partial charge in [0.15, 0.2) is 0 Å². The van der Waals surface area contributed by atoms with Crippen molar-refractivity contribution in [2.45, 2.75) is 6.54 Å². The van der Waals surface area contributed by atoms with Crippen LogP contribution in [0.1, 0.15) is 10.4 Å². The second-order valence-electron chi connectivity index (χ2n) is 6.09. The van der Waals surface area contributed by atoms with E-state index in [2.05, 4.69) is 10.4 Å². The first-order valence-corrected chi connectivity index (χ1v) is 8.23. The lowest BCUT2D eigenvalue weighted by atomic mass is 10.2. The number of nitrogens with zero attached hydrogens (tertiary/aromatic N) is 3. The Morgan fingerprint density at radius 1 is 1.04 bits per heavy atom. The van der Waals surface area contributed by atoms with Gasteiger partial charge in [0.25, 0.3) is 5.91 Å². The van der Waals surface area contributed by atoms with Crippen molar-refractivity contribution in [1.29, 1.82) is 0 Å². The molecule has 3 aromatic rings. The number of rotatable bonds is 5. The quantitative estimate of drug-likeness (QED) is 0.771. The van der Waals surface area contributed by atoms with Gasteiger partial charge >= 0.3 is 0 Å². The van der Waals surface area contributed by atoms with E-state index in [4.69, 9.17) is 0 Å². The van der Waals surface area contributed by atoms with Crippen LogP contribution in [0.3, 0.4) is 0 Å². The maximum atomic E-state index is 12.3. The molecular weight excluding hydrogens is 328 g/mol. The fraction of sp³-hybridized carbons (Fsp3) is 0.150. The lowest BCUT2D eigenvalue weighted by molar-refractivity contribution is -0.116. The van der Waals surface area contributed by atoms with E-state index in [9.17, 15) is 9.59 Å². The highest BCUT2D eigenvalue weighted by Gasteiger charge is 2.10. The second-order valence-corrected chi connectivity index (χ2v) is 6.09. The zero-order valence-electron chi connectivity index (χ0n) is 14.7. The zero-order valence-corrected chi connectivity index (χ0v) is 14.7. The Balaban J connectivity index is 1.66. The van der Waals surface area contributed by atoms with Gasteiger partial charge in [0, 0.05) is 37.1 Å². The fourth-order valence-electron chi connectivity index (χ4n) is 2.55. The molecule has 0 spiro atoms. The molecule has 2 amide bonds. The van der Waals surface area contributed by atoms with Gasteiger partial charge in [-0.3, -0.25) is 14.3 Å². The average Bonchev–Trinajstić information content (AvgIpc) is 3.10. The van der Waals surface area contributed by atoms with Crippen LogP contribution in [0, 0.1) is 0 Å². The summed E-state index contributed by atoms with van der Waals surface area (Å²) < 4.78 is 1.59. The number of hydrogen-bond donors (Lipinski definition) is 1. The van der Waals surface area contributed by atoms with Gasteiger partial charge in [0.1, 0.15) is 6.54 Å². The number of hydrogen-bond acceptors (Lipinski definition) is 3. The Morgan fingerprint density at radius 3 is 2.54 bits per heavy atom. The molecule has 6 heteroatoms. The first kappa shape index (κ1) is 17.4. The van der Waals surface area contributed by atoms with Crippen LogP contribution in [0.4, 0.5) is 5.69 Å². The fourth-order valence-corrected chi connectivity index (χ4v) is 2.55. The number of anilines is 1. The van der Waals surface area contributed by atoms with Crippen LogP contribution in [-0.2, 0) is 11.3 Å². The van der Waals surface area contributed by atoms with Gasteiger partial charge in [-0.15, -0.1) is 0 Å². The summed E-state index contributed by atoms with van der Waals surface area (Å²) in [5, 5.41) is 7.23. The van der Waals surface area contributed by atoms with Crippen LogP contribution in [0.25, 0.3) is 11.3 Å². The Bertz CT molecular complexity index is 916. The van der Waals surface area contributed by atoms with Crippen LogP contribution >= 0.6 is 0 Å². The average molecular weight is 348 g/mol. The monoisotopic (exact) mass is 348 g/mol. The summed E-state index contributed by atoms with van der Waals surface area (Å²) in [6.45, 7) is 0.0959. The third-order valence-electron chi connectivity index (χ3n) is 3.82. The first-order chi connectivity index (χ1) is 12.5. The molecule has 0 radical (unpaired) electrons. The third kappa shape index (κ3) is 4.16. The van der Waals surface area contributed by atoms with Crippen molar-refractivity contribution >= 4 is 17.5 Å². The molecule has 1 aromatic heterocycles. The van der Waals surface area contributed by atoms with Crippen molar-refractivity contribution in [3.8, 4) is 11.3 Å². The largest absolute Gasteiger partial charge is 0.345 e. The number of amides is 2. The summed E-state index contributed by atoms with van der Waals surface area (Å²) in [6, 6.07) is 18.5. The predicted molar refractivity (Wildman–Crippen MR) is 101 cm³/mol.